The van der Waals surface area contributed by atoms with Crippen LogP contribution in [-0.4, -0.2) is 14.4 Å². The molecule has 0 unspecified atom stereocenters. The molecule has 0 aliphatic rings. The molecule has 0 saturated heterocycles. The van der Waals surface area contributed by atoms with E-state index in [-0.39, 0.29) is 0 Å². The van der Waals surface area contributed by atoms with E-state index < -0.39 is 8.32 Å². The molecule has 1 aromatic carbocycles. The number of benzene rings is 1. The van der Waals surface area contributed by atoms with Crippen LogP contribution >= 0.6 is 0 Å². The van der Waals surface area contributed by atoms with Crippen molar-refractivity contribution in [2.24, 2.45) is 0 Å². The highest BCUT2D eigenvalue weighted by Gasteiger charge is 2.23. The third-order valence-corrected chi connectivity index (χ3v) is 4.93. The van der Waals surface area contributed by atoms with E-state index in [1.807, 2.05) is 18.2 Å². The maximum Gasteiger partial charge on any atom is 0.191 e. The van der Waals surface area contributed by atoms with Crippen LogP contribution in [0.2, 0.25) is 19.1 Å². The lowest BCUT2D eigenvalue weighted by molar-refractivity contribution is 0.232. The first-order chi connectivity index (χ1) is 8.39. The molecule has 0 radical (unpaired) electrons. The predicted octanol–water partition coefficient (Wildman–Crippen LogP) is 4.89. The molecule has 0 atom stereocenters. The molecule has 0 saturated carbocycles. The van der Waals surface area contributed by atoms with Gasteiger partial charge in [0.1, 0.15) is 0 Å². The normalized spacial score (nSPS) is 12.3. The van der Waals surface area contributed by atoms with Gasteiger partial charge in [-0.1, -0.05) is 54.6 Å². The molecular formula is C16H24OSi. The minimum Gasteiger partial charge on any atom is -0.415 e. The molecule has 0 spiro atoms. The van der Waals surface area contributed by atoms with Gasteiger partial charge in [0.25, 0.3) is 0 Å². The summed E-state index contributed by atoms with van der Waals surface area (Å²) in [4.78, 5) is 0. The SMILES string of the molecule is C=C(/C=C/c1ccccc1)C[Si](C)(C)OC(C)C. The summed E-state index contributed by atoms with van der Waals surface area (Å²) in [5.41, 5.74) is 2.36. The minimum atomic E-state index is -1.62. The number of hydrogen-bond acceptors (Lipinski definition) is 1. The first-order valence-electron chi connectivity index (χ1n) is 6.48. The summed E-state index contributed by atoms with van der Waals surface area (Å²) in [7, 11) is -1.62. The summed E-state index contributed by atoms with van der Waals surface area (Å²) >= 11 is 0. The van der Waals surface area contributed by atoms with Gasteiger partial charge >= 0.3 is 0 Å². The Bertz CT molecular complexity index is 404. The second-order valence-corrected chi connectivity index (χ2v) is 9.61. The Balaban J connectivity index is 2.54. The quantitative estimate of drug-likeness (QED) is 0.523. The second-order valence-electron chi connectivity index (χ2n) is 5.51. The smallest absolute Gasteiger partial charge is 0.191 e. The van der Waals surface area contributed by atoms with E-state index in [1.165, 1.54) is 5.56 Å². The van der Waals surface area contributed by atoms with Crippen LogP contribution in [-0.2, 0) is 4.43 Å². The fourth-order valence-electron chi connectivity index (χ4n) is 2.06. The van der Waals surface area contributed by atoms with Gasteiger partial charge in [-0.2, -0.15) is 0 Å². The lowest BCUT2D eigenvalue weighted by atomic mass is 10.2. The van der Waals surface area contributed by atoms with Crippen LogP contribution in [0, 0.1) is 0 Å². The molecule has 0 aromatic heterocycles. The van der Waals surface area contributed by atoms with E-state index in [0.717, 1.165) is 11.6 Å². The highest BCUT2D eigenvalue weighted by Crippen LogP contribution is 2.20. The van der Waals surface area contributed by atoms with Gasteiger partial charge in [-0.25, -0.2) is 0 Å². The molecule has 0 aliphatic heterocycles. The van der Waals surface area contributed by atoms with Crippen molar-refractivity contribution in [3.8, 4) is 0 Å². The average Bonchev–Trinajstić information content (AvgIpc) is 2.25. The summed E-state index contributed by atoms with van der Waals surface area (Å²) in [5.74, 6) is 0. The monoisotopic (exact) mass is 260 g/mol. The van der Waals surface area contributed by atoms with E-state index >= 15 is 0 Å². The van der Waals surface area contributed by atoms with Crippen molar-refractivity contribution in [3.05, 3.63) is 54.1 Å². The second kappa shape index (κ2) is 6.71. The number of allylic oxidation sites excluding steroid dienone is 2. The Kier molecular flexibility index (Phi) is 5.57. The average molecular weight is 260 g/mol. The first kappa shape index (κ1) is 14.9. The van der Waals surface area contributed by atoms with Crippen LogP contribution in [0.4, 0.5) is 0 Å². The molecule has 0 fully saturated rings. The van der Waals surface area contributed by atoms with E-state index in [0.29, 0.717) is 6.10 Å². The van der Waals surface area contributed by atoms with Gasteiger partial charge in [0.2, 0.25) is 0 Å². The molecule has 0 aliphatic carbocycles. The summed E-state index contributed by atoms with van der Waals surface area (Å²) in [6.45, 7) is 12.8. The van der Waals surface area contributed by atoms with Gasteiger partial charge in [0.05, 0.1) is 0 Å². The van der Waals surface area contributed by atoms with E-state index in [2.05, 4.69) is 57.8 Å². The van der Waals surface area contributed by atoms with Crippen molar-refractivity contribution in [3.63, 3.8) is 0 Å². The highest BCUT2D eigenvalue weighted by atomic mass is 28.4. The highest BCUT2D eigenvalue weighted by molar-refractivity contribution is 6.71. The zero-order valence-electron chi connectivity index (χ0n) is 11.9. The molecule has 0 heterocycles. The lowest BCUT2D eigenvalue weighted by Gasteiger charge is -2.25. The van der Waals surface area contributed by atoms with Gasteiger partial charge in [-0.15, -0.1) is 0 Å². The van der Waals surface area contributed by atoms with Crippen molar-refractivity contribution >= 4 is 14.4 Å². The lowest BCUT2D eigenvalue weighted by Crippen LogP contribution is -2.33. The Labute approximate surface area is 112 Å². The maximum absolute atomic E-state index is 6.00. The minimum absolute atomic E-state index is 0.303. The summed E-state index contributed by atoms with van der Waals surface area (Å²) < 4.78 is 6.00. The van der Waals surface area contributed by atoms with Crippen molar-refractivity contribution in [1.82, 2.24) is 0 Å². The molecular weight excluding hydrogens is 236 g/mol. The van der Waals surface area contributed by atoms with Crippen LogP contribution in [0.1, 0.15) is 19.4 Å². The fraction of sp³-hybridized carbons (Fsp3) is 0.375. The summed E-state index contributed by atoms with van der Waals surface area (Å²) in [6.07, 6.45) is 4.52. The molecule has 18 heavy (non-hydrogen) atoms. The number of rotatable bonds is 6. The molecule has 0 N–H and O–H groups in total. The first-order valence-corrected chi connectivity index (χ1v) is 9.59. The van der Waals surface area contributed by atoms with Crippen LogP contribution in [0.25, 0.3) is 6.08 Å². The zero-order chi connectivity index (χ0) is 13.6. The van der Waals surface area contributed by atoms with E-state index in [4.69, 9.17) is 4.43 Å². The largest absolute Gasteiger partial charge is 0.415 e. The number of hydrogen-bond donors (Lipinski definition) is 0. The summed E-state index contributed by atoms with van der Waals surface area (Å²) in [6, 6.07) is 11.3. The standard InChI is InChI=1S/C16H24OSi/c1-14(2)17-18(4,5)13-15(3)11-12-16-9-7-6-8-10-16/h6-12,14H,3,13H2,1-2,4-5H3/b12-11+. The molecule has 1 nitrogen and oxygen atoms in total. The van der Waals surface area contributed by atoms with Gasteiger partial charge in [0, 0.05) is 6.10 Å². The van der Waals surface area contributed by atoms with Crippen molar-refractivity contribution < 1.29 is 4.43 Å². The predicted molar refractivity (Wildman–Crippen MR) is 83.1 cm³/mol. The maximum atomic E-state index is 6.00. The van der Waals surface area contributed by atoms with Gasteiger partial charge in [-0.3, -0.25) is 0 Å². The zero-order valence-corrected chi connectivity index (χ0v) is 12.9. The van der Waals surface area contributed by atoms with Gasteiger partial charge in [-0.05, 0) is 38.5 Å². The molecule has 2 heteroatoms. The van der Waals surface area contributed by atoms with Crippen molar-refractivity contribution in [2.75, 3.05) is 0 Å². The van der Waals surface area contributed by atoms with Crippen LogP contribution in [0.3, 0.4) is 0 Å². The molecule has 0 bridgehead atoms. The Morgan fingerprint density at radius 1 is 1.28 bits per heavy atom. The topological polar surface area (TPSA) is 9.23 Å². The van der Waals surface area contributed by atoms with Crippen LogP contribution < -0.4 is 0 Å². The van der Waals surface area contributed by atoms with Crippen LogP contribution in [0.15, 0.2) is 48.6 Å². The van der Waals surface area contributed by atoms with E-state index in [9.17, 15) is 0 Å². The summed E-state index contributed by atoms with van der Waals surface area (Å²) in [5, 5.41) is 0. The third-order valence-electron chi connectivity index (χ3n) is 2.52. The Hall–Kier alpha value is -1.12. The van der Waals surface area contributed by atoms with Crippen LogP contribution in [0.5, 0.6) is 0 Å². The molecule has 1 rings (SSSR count). The van der Waals surface area contributed by atoms with Gasteiger partial charge < -0.3 is 4.43 Å². The third kappa shape index (κ3) is 5.99. The van der Waals surface area contributed by atoms with Crippen molar-refractivity contribution in [2.45, 2.75) is 39.1 Å². The van der Waals surface area contributed by atoms with Crippen molar-refractivity contribution in [1.29, 1.82) is 0 Å². The molecule has 98 valence electrons. The molecule has 0 amide bonds. The molecule has 1 aromatic rings. The Morgan fingerprint density at radius 2 is 1.89 bits per heavy atom. The van der Waals surface area contributed by atoms with Gasteiger partial charge in [0.15, 0.2) is 8.32 Å². The Morgan fingerprint density at radius 3 is 2.44 bits per heavy atom. The fourth-order valence-corrected chi connectivity index (χ4v) is 4.63. The van der Waals surface area contributed by atoms with E-state index in [1.54, 1.807) is 0 Å².